The first kappa shape index (κ1) is 20.9. The third kappa shape index (κ3) is 5.80. The molecule has 146 valence electrons. The van der Waals surface area contributed by atoms with E-state index in [0.29, 0.717) is 5.75 Å². The SMILES string of the molecule is Cc1ccc(S(=O)(=O)NCCNC(=O)COc2cccc(C)c2C)cc1C. The van der Waals surface area contributed by atoms with E-state index in [1.165, 1.54) is 0 Å². The predicted octanol–water partition coefficient (Wildman–Crippen LogP) is 2.39. The van der Waals surface area contributed by atoms with Crippen molar-refractivity contribution in [2.75, 3.05) is 19.7 Å². The molecular formula is C20H26N2O4S. The third-order valence-electron chi connectivity index (χ3n) is 4.44. The fourth-order valence-electron chi connectivity index (χ4n) is 2.43. The summed E-state index contributed by atoms with van der Waals surface area (Å²) in [7, 11) is -3.60. The normalized spacial score (nSPS) is 11.3. The number of amides is 1. The summed E-state index contributed by atoms with van der Waals surface area (Å²) in [4.78, 5) is 12.1. The number of carbonyl (C=O) groups excluding carboxylic acids is 1. The van der Waals surface area contributed by atoms with Crippen LogP contribution < -0.4 is 14.8 Å². The van der Waals surface area contributed by atoms with E-state index in [1.54, 1.807) is 18.2 Å². The quantitative estimate of drug-likeness (QED) is 0.678. The number of aryl methyl sites for hydroxylation is 3. The van der Waals surface area contributed by atoms with Gasteiger partial charge in [0.05, 0.1) is 4.90 Å². The lowest BCUT2D eigenvalue weighted by Gasteiger charge is -2.12. The average molecular weight is 391 g/mol. The van der Waals surface area contributed by atoms with E-state index in [9.17, 15) is 13.2 Å². The molecule has 2 N–H and O–H groups in total. The van der Waals surface area contributed by atoms with Crippen molar-refractivity contribution < 1.29 is 17.9 Å². The molecule has 0 saturated carbocycles. The monoisotopic (exact) mass is 390 g/mol. The molecule has 0 aromatic heterocycles. The van der Waals surface area contributed by atoms with E-state index >= 15 is 0 Å². The number of benzene rings is 2. The summed E-state index contributed by atoms with van der Waals surface area (Å²) in [5.41, 5.74) is 4.03. The third-order valence-corrected chi connectivity index (χ3v) is 5.90. The summed E-state index contributed by atoms with van der Waals surface area (Å²) >= 11 is 0. The van der Waals surface area contributed by atoms with Crippen molar-refractivity contribution >= 4 is 15.9 Å². The second-order valence-corrected chi connectivity index (χ2v) is 8.25. The molecule has 0 bridgehead atoms. The van der Waals surface area contributed by atoms with Crippen LogP contribution in [-0.4, -0.2) is 34.0 Å². The predicted molar refractivity (Wildman–Crippen MR) is 106 cm³/mol. The highest BCUT2D eigenvalue weighted by Gasteiger charge is 2.14. The topological polar surface area (TPSA) is 84.5 Å². The summed E-state index contributed by atoms with van der Waals surface area (Å²) < 4.78 is 32.5. The molecule has 0 spiro atoms. The lowest BCUT2D eigenvalue weighted by atomic mass is 10.1. The number of carbonyl (C=O) groups is 1. The molecule has 0 aliphatic carbocycles. The standard InChI is InChI=1S/C20H26N2O4S/c1-14-8-9-18(12-16(14)3)27(24,25)22-11-10-21-20(23)13-26-19-7-5-6-15(2)17(19)4/h5-9,12,22H,10-11,13H2,1-4H3,(H,21,23). The molecule has 27 heavy (non-hydrogen) atoms. The average Bonchev–Trinajstić information content (AvgIpc) is 2.62. The number of rotatable bonds is 8. The molecule has 0 unspecified atom stereocenters. The second kappa shape index (κ2) is 9.01. The highest BCUT2D eigenvalue weighted by molar-refractivity contribution is 7.89. The summed E-state index contributed by atoms with van der Waals surface area (Å²) in [6.07, 6.45) is 0. The molecule has 0 aliphatic rings. The molecule has 7 heteroatoms. The van der Waals surface area contributed by atoms with Gasteiger partial charge in [-0.05, 0) is 68.1 Å². The first-order chi connectivity index (χ1) is 12.7. The minimum atomic E-state index is -3.60. The second-order valence-electron chi connectivity index (χ2n) is 6.48. The number of hydrogen-bond acceptors (Lipinski definition) is 4. The maximum absolute atomic E-state index is 12.3. The van der Waals surface area contributed by atoms with Gasteiger partial charge in [-0.1, -0.05) is 18.2 Å². The summed E-state index contributed by atoms with van der Waals surface area (Å²) in [6.45, 7) is 7.87. The number of hydrogen-bond donors (Lipinski definition) is 2. The number of nitrogens with one attached hydrogen (secondary N) is 2. The molecule has 0 saturated heterocycles. The number of ether oxygens (including phenoxy) is 1. The Morgan fingerprint density at radius 2 is 1.70 bits per heavy atom. The minimum Gasteiger partial charge on any atom is -0.483 e. The van der Waals surface area contributed by atoms with E-state index in [1.807, 2.05) is 45.9 Å². The molecule has 2 rings (SSSR count). The molecule has 2 aromatic carbocycles. The largest absolute Gasteiger partial charge is 0.483 e. The molecule has 0 fully saturated rings. The Labute approximate surface area is 161 Å². The minimum absolute atomic E-state index is 0.102. The van der Waals surface area contributed by atoms with E-state index in [4.69, 9.17) is 4.74 Å². The van der Waals surface area contributed by atoms with Crippen LogP contribution in [0.5, 0.6) is 5.75 Å². The Balaban J connectivity index is 1.78. The van der Waals surface area contributed by atoms with Gasteiger partial charge in [-0.2, -0.15) is 0 Å². The van der Waals surface area contributed by atoms with E-state index in [0.717, 1.165) is 22.3 Å². The first-order valence-electron chi connectivity index (χ1n) is 8.73. The van der Waals surface area contributed by atoms with E-state index < -0.39 is 10.0 Å². The van der Waals surface area contributed by atoms with E-state index in [2.05, 4.69) is 10.0 Å². The van der Waals surface area contributed by atoms with Gasteiger partial charge < -0.3 is 10.1 Å². The zero-order chi connectivity index (χ0) is 20.0. The van der Waals surface area contributed by atoms with E-state index in [-0.39, 0.29) is 30.5 Å². The Kier molecular flexibility index (Phi) is 6.98. The Bertz CT molecular complexity index is 924. The van der Waals surface area contributed by atoms with Crippen LogP contribution in [0.2, 0.25) is 0 Å². The highest BCUT2D eigenvalue weighted by Crippen LogP contribution is 2.20. The summed E-state index contributed by atoms with van der Waals surface area (Å²) in [6, 6.07) is 10.6. The van der Waals surface area contributed by atoms with Gasteiger partial charge in [0.1, 0.15) is 5.75 Å². The fourth-order valence-corrected chi connectivity index (χ4v) is 3.54. The van der Waals surface area contributed by atoms with Gasteiger partial charge in [0.2, 0.25) is 10.0 Å². The number of sulfonamides is 1. The van der Waals surface area contributed by atoms with Gasteiger partial charge in [0.15, 0.2) is 6.61 Å². The summed E-state index contributed by atoms with van der Waals surface area (Å²) in [5.74, 6) is 0.363. The van der Waals surface area contributed by atoms with Crippen LogP contribution in [0, 0.1) is 27.7 Å². The van der Waals surface area contributed by atoms with Crippen molar-refractivity contribution in [2.24, 2.45) is 0 Å². The van der Waals surface area contributed by atoms with Gasteiger partial charge >= 0.3 is 0 Å². The molecule has 0 atom stereocenters. The van der Waals surface area contributed by atoms with Crippen molar-refractivity contribution in [1.29, 1.82) is 0 Å². The molecule has 2 aromatic rings. The zero-order valence-corrected chi connectivity index (χ0v) is 16.9. The van der Waals surface area contributed by atoms with Crippen molar-refractivity contribution in [1.82, 2.24) is 10.0 Å². The van der Waals surface area contributed by atoms with Crippen molar-refractivity contribution in [3.63, 3.8) is 0 Å². The van der Waals surface area contributed by atoms with Gasteiger partial charge in [0, 0.05) is 13.1 Å². The molecule has 0 heterocycles. The van der Waals surface area contributed by atoms with Gasteiger partial charge in [-0.15, -0.1) is 0 Å². The maximum Gasteiger partial charge on any atom is 0.257 e. The molecule has 0 radical (unpaired) electrons. The molecule has 6 nitrogen and oxygen atoms in total. The van der Waals surface area contributed by atoms with Crippen LogP contribution in [0.3, 0.4) is 0 Å². The van der Waals surface area contributed by atoms with Crippen molar-refractivity contribution in [3.8, 4) is 5.75 Å². The fraction of sp³-hybridized carbons (Fsp3) is 0.350. The van der Waals surface area contributed by atoms with Crippen LogP contribution in [0.15, 0.2) is 41.3 Å². The van der Waals surface area contributed by atoms with Crippen LogP contribution in [0.25, 0.3) is 0 Å². The molecule has 0 aliphatic heterocycles. The lowest BCUT2D eigenvalue weighted by Crippen LogP contribution is -2.36. The van der Waals surface area contributed by atoms with Gasteiger partial charge in [-0.3, -0.25) is 4.79 Å². The smallest absolute Gasteiger partial charge is 0.257 e. The Morgan fingerprint density at radius 1 is 0.963 bits per heavy atom. The van der Waals surface area contributed by atoms with Crippen LogP contribution in [0.4, 0.5) is 0 Å². The molecular weight excluding hydrogens is 364 g/mol. The van der Waals surface area contributed by atoms with Crippen LogP contribution >= 0.6 is 0 Å². The zero-order valence-electron chi connectivity index (χ0n) is 16.1. The Hall–Kier alpha value is -2.38. The lowest BCUT2D eigenvalue weighted by molar-refractivity contribution is -0.123. The molecule has 1 amide bonds. The first-order valence-corrected chi connectivity index (χ1v) is 10.2. The Morgan fingerprint density at radius 3 is 2.41 bits per heavy atom. The van der Waals surface area contributed by atoms with Gasteiger partial charge in [0.25, 0.3) is 5.91 Å². The maximum atomic E-state index is 12.3. The van der Waals surface area contributed by atoms with Crippen molar-refractivity contribution in [2.45, 2.75) is 32.6 Å². The van der Waals surface area contributed by atoms with Crippen LogP contribution in [0.1, 0.15) is 22.3 Å². The van der Waals surface area contributed by atoms with Crippen LogP contribution in [-0.2, 0) is 14.8 Å². The van der Waals surface area contributed by atoms with Crippen molar-refractivity contribution in [3.05, 3.63) is 58.7 Å². The van der Waals surface area contributed by atoms with Gasteiger partial charge in [-0.25, -0.2) is 13.1 Å². The highest BCUT2D eigenvalue weighted by atomic mass is 32.2. The summed E-state index contributed by atoms with van der Waals surface area (Å²) in [5, 5.41) is 2.64.